The average Bonchev–Trinajstić information content (AvgIpc) is 3.36. The second-order valence-corrected chi connectivity index (χ2v) is 7.20. The van der Waals surface area contributed by atoms with Gasteiger partial charge in [-0.25, -0.2) is 0 Å². The van der Waals surface area contributed by atoms with Crippen molar-refractivity contribution in [1.82, 2.24) is 25.3 Å². The van der Waals surface area contributed by atoms with E-state index in [0.717, 1.165) is 49.9 Å². The highest BCUT2D eigenvalue weighted by atomic mass is 35.5. The number of rotatable bonds is 3. The van der Waals surface area contributed by atoms with Gasteiger partial charge in [-0.15, -0.1) is 12.4 Å². The molecule has 7 nitrogen and oxygen atoms in total. The predicted octanol–water partition coefficient (Wildman–Crippen LogP) is 0.618. The third-order valence-electron chi connectivity index (χ3n) is 5.32. The van der Waals surface area contributed by atoms with Gasteiger partial charge in [0.2, 0.25) is 5.91 Å². The molecule has 1 aliphatic carbocycles. The standard InChI is InChI=1S/C17H25N5O2.ClH/c1-21-14-6-7-18-9-13(14)15(20-21)17(24)22-8-2-3-11(10-22)16(23)19-12-4-5-12;/h11-12,18H,2-10H2,1H3,(H,19,23);1H. The number of aryl methyl sites for hydroxylation is 1. The van der Waals surface area contributed by atoms with Gasteiger partial charge in [0.25, 0.3) is 5.91 Å². The molecule has 2 fully saturated rings. The molecule has 0 radical (unpaired) electrons. The lowest BCUT2D eigenvalue weighted by atomic mass is 9.96. The lowest BCUT2D eigenvalue weighted by molar-refractivity contribution is -0.126. The summed E-state index contributed by atoms with van der Waals surface area (Å²) in [6.07, 6.45) is 4.83. The molecule has 1 unspecified atom stereocenters. The molecule has 1 atom stereocenters. The van der Waals surface area contributed by atoms with Crippen LogP contribution in [0.15, 0.2) is 0 Å². The van der Waals surface area contributed by atoms with Crippen LogP contribution in [0, 0.1) is 5.92 Å². The van der Waals surface area contributed by atoms with E-state index in [1.807, 2.05) is 16.6 Å². The number of nitrogens with zero attached hydrogens (tertiary/aromatic N) is 3. The van der Waals surface area contributed by atoms with Crippen LogP contribution in [-0.4, -0.2) is 52.2 Å². The first-order valence-corrected chi connectivity index (χ1v) is 8.98. The molecule has 8 heteroatoms. The van der Waals surface area contributed by atoms with Crippen molar-refractivity contribution in [3.05, 3.63) is 17.0 Å². The number of fused-ring (bicyclic) bond motifs is 1. The number of hydrogen-bond donors (Lipinski definition) is 2. The van der Waals surface area contributed by atoms with Gasteiger partial charge in [0, 0.05) is 56.9 Å². The molecule has 1 aromatic heterocycles. The summed E-state index contributed by atoms with van der Waals surface area (Å²) in [6.45, 7) is 2.85. The second kappa shape index (κ2) is 7.33. The van der Waals surface area contributed by atoms with Gasteiger partial charge in [0.1, 0.15) is 0 Å². The normalized spacial score (nSPS) is 22.8. The maximum atomic E-state index is 13.0. The van der Waals surface area contributed by atoms with Gasteiger partial charge >= 0.3 is 0 Å². The Morgan fingerprint density at radius 1 is 1.28 bits per heavy atom. The van der Waals surface area contributed by atoms with E-state index in [1.165, 1.54) is 0 Å². The van der Waals surface area contributed by atoms with Crippen LogP contribution in [0.5, 0.6) is 0 Å². The van der Waals surface area contributed by atoms with E-state index in [4.69, 9.17) is 0 Å². The Morgan fingerprint density at radius 2 is 2.08 bits per heavy atom. The number of halogens is 1. The van der Waals surface area contributed by atoms with Crippen molar-refractivity contribution in [1.29, 1.82) is 0 Å². The van der Waals surface area contributed by atoms with Gasteiger partial charge in [-0.3, -0.25) is 14.3 Å². The molecule has 0 bridgehead atoms. The summed E-state index contributed by atoms with van der Waals surface area (Å²) in [4.78, 5) is 27.1. The van der Waals surface area contributed by atoms with Crippen LogP contribution >= 0.6 is 12.4 Å². The summed E-state index contributed by atoms with van der Waals surface area (Å²) < 4.78 is 1.84. The monoisotopic (exact) mass is 367 g/mol. The number of carbonyl (C=O) groups is 2. The smallest absolute Gasteiger partial charge is 0.274 e. The zero-order valence-electron chi connectivity index (χ0n) is 14.6. The van der Waals surface area contributed by atoms with Crippen molar-refractivity contribution in [2.75, 3.05) is 19.6 Å². The van der Waals surface area contributed by atoms with Crippen LogP contribution in [0.2, 0.25) is 0 Å². The van der Waals surface area contributed by atoms with E-state index in [9.17, 15) is 9.59 Å². The molecule has 3 heterocycles. The number of likely N-dealkylation sites (tertiary alicyclic amines) is 1. The quantitative estimate of drug-likeness (QED) is 0.820. The summed E-state index contributed by atoms with van der Waals surface area (Å²) in [5.41, 5.74) is 2.73. The Kier molecular flexibility index (Phi) is 5.34. The molecule has 2 N–H and O–H groups in total. The van der Waals surface area contributed by atoms with Gasteiger partial charge < -0.3 is 15.5 Å². The van der Waals surface area contributed by atoms with Crippen LogP contribution in [0.25, 0.3) is 0 Å². The molecule has 1 saturated carbocycles. The molecule has 4 rings (SSSR count). The van der Waals surface area contributed by atoms with Crippen molar-refractivity contribution in [3.63, 3.8) is 0 Å². The number of amides is 2. The van der Waals surface area contributed by atoms with E-state index >= 15 is 0 Å². The van der Waals surface area contributed by atoms with Crippen LogP contribution in [-0.2, 0) is 24.8 Å². The van der Waals surface area contributed by atoms with Crippen molar-refractivity contribution in [2.24, 2.45) is 13.0 Å². The Morgan fingerprint density at radius 3 is 2.84 bits per heavy atom. The van der Waals surface area contributed by atoms with E-state index in [2.05, 4.69) is 15.7 Å². The number of aromatic nitrogens is 2. The summed E-state index contributed by atoms with van der Waals surface area (Å²) in [7, 11) is 1.91. The maximum Gasteiger partial charge on any atom is 0.274 e. The summed E-state index contributed by atoms with van der Waals surface area (Å²) in [5, 5.41) is 10.9. The lowest BCUT2D eigenvalue weighted by Crippen LogP contribution is -2.46. The molecule has 25 heavy (non-hydrogen) atoms. The SMILES string of the molecule is Cl.Cn1nc(C(=O)N2CCCC(C(=O)NC3CC3)C2)c2c1CCNC2. The molecule has 1 saturated heterocycles. The average molecular weight is 368 g/mol. The Bertz CT molecular complexity index is 670. The van der Waals surface area contributed by atoms with Gasteiger partial charge in [0.15, 0.2) is 5.69 Å². The molecule has 2 amide bonds. The largest absolute Gasteiger partial charge is 0.353 e. The summed E-state index contributed by atoms with van der Waals surface area (Å²) in [5.74, 6) is 0.000141. The molecule has 138 valence electrons. The third kappa shape index (κ3) is 3.67. The number of hydrogen-bond acceptors (Lipinski definition) is 4. The highest BCUT2D eigenvalue weighted by Crippen LogP contribution is 2.24. The fraction of sp³-hybridized carbons (Fsp3) is 0.706. The topological polar surface area (TPSA) is 79.3 Å². The predicted molar refractivity (Wildman–Crippen MR) is 95.7 cm³/mol. The van der Waals surface area contributed by atoms with E-state index < -0.39 is 0 Å². The highest BCUT2D eigenvalue weighted by molar-refractivity contribution is 5.94. The van der Waals surface area contributed by atoms with Crippen LogP contribution < -0.4 is 10.6 Å². The first-order valence-electron chi connectivity index (χ1n) is 8.98. The second-order valence-electron chi connectivity index (χ2n) is 7.20. The van der Waals surface area contributed by atoms with Gasteiger partial charge in [-0.1, -0.05) is 0 Å². The summed E-state index contributed by atoms with van der Waals surface area (Å²) >= 11 is 0. The third-order valence-corrected chi connectivity index (χ3v) is 5.32. The zero-order chi connectivity index (χ0) is 16.7. The van der Waals surface area contributed by atoms with E-state index in [1.54, 1.807) is 0 Å². The van der Waals surface area contributed by atoms with Crippen molar-refractivity contribution in [3.8, 4) is 0 Å². The fourth-order valence-corrected chi connectivity index (χ4v) is 3.77. The Hall–Kier alpha value is -1.60. The van der Waals surface area contributed by atoms with Crippen LogP contribution in [0.4, 0.5) is 0 Å². The molecule has 2 aliphatic heterocycles. The van der Waals surface area contributed by atoms with E-state index in [0.29, 0.717) is 31.4 Å². The molecular weight excluding hydrogens is 342 g/mol. The number of piperidine rings is 1. The van der Waals surface area contributed by atoms with E-state index in [-0.39, 0.29) is 30.1 Å². The van der Waals surface area contributed by atoms with Gasteiger partial charge in [-0.2, -0.15) is 5.10 Å². The minimum Gasteiger partial charge on any atom is -0.353 e. The van der Waals surface area contributed by atoms with Gasteiger partial charge in [-0.05, 0) is 25.7 Å². The van der Waals surface area contributed by atoms with Crippen molar-refractivity contribution >= 4 is 24.2 Å². The first kappa shape index (κ1) is 18.2. The Balaban J connectivity index is 0.00000182. The highest BCUT2D eigenvalue weighted by Gasteiger charge is 2.34. The molecule has 0 aromatic carbocycles. The maximum absolute atomic E-state index is 13.0. The minimum atomic E-state index is -0.0824. The molecule has 0 spiro atoms. The minimum absolute atomic E-state index is 0. The fourth-order valence-electron chi connectivity index (χ4n) is 3.77. The summed E-state index contributed by atoms with van der Waals surface area (Å²) in [6, 6.07) is 0.373. The number of nitrogens with one attached hydrogen (secondary N) is 2. The van der Waals surface area contributed by atoms with Crippen LogP contribution in [0.1, 0.15) is 47.4 Å². The molecular formula is C17H26ClN5O2. The number of carbonyl (C=O) groups excluding carboxylic acids is 2. The van der Waals surface area contributed by atoms with Crippen LogP contribution in [0.3, 0.4) is 0 Å². The van der Waals surface area contributed by atoms with Crippen molar-refractivity contribution in [2.45, 2.75) is 44.7 Å². The zero-order valence-corrected chi connectivity index (χ0v) is 15.4. The molecule has 1 aromatic rings. The van der Waals surface area contributed by atoms with Crippen molar-refractivity contribution < 1.29 is 9.59 Å². The molecule has 3 aliphatic rings. The first-order chi connectivity index (χ1) is 11.6. The Labute approximate surface area is 153 Å². The lowest BCUT2D eigenvalue weighted by Gasteiger charge is -2.32. The van der Waals surface area contributed by atoms with Gasteiger partial charge in [0.05, 0.1) is 5.92 Å².